The van der Waals surface area contributed by atoms with Crippen LogP contribution >= 0.6 is 0 Å². The Labute approximate surface area is 108 Å². The van der Waals surface area contributed by atoms with Crippen molar-refractivity contribution in [2.45, 2.75) is 13.3 Å². The lowest BCUT2D eigenvalue weighted by atomic mass is 10.1. The summed E-state index contributed by atoms with van der Waals surface area (Å²) < 4.78 is 13.4. The maximum absolute atomic E-state index is 13.4. The summed E-state index contributed by atoms with van der Waals surface area (Å²) in [6.45, 7) is 2.58. The molecule has 0 saturated heterocycles. The van der Waals surface area contributed by atoms with Crippen molar-refractivity contribution < 1.29 is 19.2 Å². The molecule has 19 heavy (non-hydrogen) atoms. The van der Waals surface area contributed by atoms with E-state index in [4.69, 9.17) is 5.11 Å². The maximum atomic E-state index is 13.4. The van der Waals surface area contributed by atoms with Crippen LogP contribution in [-0.4, -0.2) is 22.5 Å². The van der Waals surface area contributed by atoms with E-state index in [9.17, 15) is 19.3 Å². The summed E-state index contributed by atoms with van der Waals surface area (Å²) in [5.74, 6) is -1.57. The number of nitrogens with one attached hydrogen (secondary N) is 1. The second-order valence-corrected chi connectivity index (χ2v) is 4.77. The molecule has 0 aliphatic heterocycles. The molecule has 7 heteroatoms. The molecule has 2 unspecified atom stereocenters. The van der Waals surface area contributed by atoms with Gasteiger partial charge in [-0.25, -0.2) is 9.18 Å². The van der Waals surface area contributed by atoms with E-state index in [0.717, 1.165) is 12.5 Å². The SMILES string of the molecule is CC1CC1CNc1cc(C(=O)O)c(F)cc1[N+](=O)[O-]. The van der Waals surface area contributed by atoms with E-state index in [1.807, 2.05) is 0 Å². The van der Waals surface area contributed by atoms with Gasteiger partial charge < -0.3 is 10.4 Å². The van der Waals surface area contributed by atoms with Gasteiger partial charge in [-0.05, 0) is 24.3 Å². The van der Waals surface area contributed by atoms with Crippen molar-refractivity contribution in [2.75, 3.05) is 11.9 Å². The third-order valence-electron chi connectivity index (χ3n) is 3.34. The smallest absolute Gasteiger partial charge is 0.338 e. The predicted molar refractivity (Wildman–Crippen MR) is 65.8 cm³/mol. The highest BCUT2D eigenvalue weighted by Gasteiger charge is 2.32. The van der Waals surface area contributed by atoms with Crippen LogP contribution in [-0.2, 0) is 0 Å². The van der Waals surface area contributed by atoms with Crippen molar-refractivity contribution in [3.8, 4) is 0 Å². The van der Waals surface area contributed by atoms with Gasteiger partial charge >= 0.3 is 5.97 Å². The molecule has 0 radical (unpaired) electrons. The van der Waals surface area contributed by atoms with Gasteiger partial charge in [-0.1, -0.05) is 6.92 Å². The van der Waals surface area contributed by atoms with Crippen LogP contribution in [0.5, 0.6) is 0 Å². The summed E-state index contributed by atoms with van der Waals surface area (Å²) in [6.07, 6.45) is 1.04. The number of nitro benzene ring substituents is 1. The Balaban J connectivity index is 2.29. The monoisotopic (exact) mass is 268 g/mol. The zero-order chi connectivity index (χ0) is 14.2. The summed E-state index contributed by atoms with van der Waals surface area (Å²) >= 11 is 0. The van der Waals surface area contributed by atoms with Gasteiger partial charge in [-0.3, -0.25) is 10.1 Å². The number of carboxylic acid groups (broad SMARTS) is 1. The van der Waals surface area contributed by atoms with Gasteiger partial charge in [0.15, 0.2) is 0 Å². The third-order valence-corrected chi connectivity index (χ3v) is 3.34. The first-order valence-corrected chi connectivity index (χ1v) is 5.85. The number of nitro groups is 1. The molecular formula is C12H13FN2O4. The standard InChI is InChI=1S/C12H13FN2O4/c1-6-2-7(6)5-14-10-3-8(12(16)17)9(13)4-11(10)15(18)19/h3-4,6-7,14H,2,5H2,1H3,(H,16,17). The zero-order valence-corrected chi connectivity index (χ0v) is 10.2. The van der Waals surface area contributed by atoms with Crippen LogP contribution in [0.3, 0.4) is 0 Å². The number of benzene rings is 1. The molecule has 1 saturated carbocycles. The van der Waals surface area contributed by atoms with Crippen LogP contribution in [0.15, 0.2) is 12.1 Å². The van der Waals surface area contributed by atoms with Crippen LogP contribution in [0.1, 0.15) is 23.7 Å². The number of nitrogens with zero attached hydrogens (tertiary/aromatic N) is 1. The van der Waals surface area contributed by atoms with Crippen molar-refractivity contribution in [3.63, 3.8) is 0 Å². The molecule has 1 aromatic rings. The number of anilines is 1. The first kappa shape index (κ1) is 13.3. The number of rotatable bonds is 5. The van der Waals surface area contributed by atoms with E-state index in [0.29, 0.717) is 24.4 Å². The molecule has 2 N–H and O–H groups in total. The third kappa shape index (κ3) is 2.81. The minimum Gasteiger partial charge on any atom is -0.478 e. The predicted octanol–water partition coefficient (Wildman–Crippen LogP) is 2.50. The Morgan fingerprint density at radius 1 is 1.63 bits per heavy atom. The van der Waals surface area contributed by atoms with Gasteiger partial charge in [-0.2, -0.15) is 0 Å². The highest BCUT2D eigenvalue weighted by atomic mass is 19.1. The van der Waals surface area contributed by atoms with Gasteiger partial charge in [-0.15, -0.1) is 0 Å². The van der Waals surface area contributed by atoms with Gasteiger partial charge in [0.2, 0.25) is 0 Å². The lowest BCUT2D eigenvalue weighted by molar-refractivity contribution is -0.384. The van der Waals surface area contributed by atoms with E-state index in [1.165, 1.54) is 0 Å². The number of carbonyl (C=O) groups is 1. The molecule has 0 spiro atoms. The maximum Gasteiger partial charge on any atom is 0.338 e. The minimum absolute atomic E-state index is 0.0444. The topological polar surface area (TPSA) is 92.5 Å². The Bertz CT molecular complexity index is 547. The lowest BCUT2D eigenvalue weighted by Gasteiger charge is -2.08. The van der Waals surface area contributed by atoms with Gasteiger partial charge in [0.05, 0.1) is 16.6 Å². The Morgan fingerprint density at radius 3 is 2.74 bits per heavy atom. The Kier molecular flexibility index (Phi) is 3.37. The molecule has 0 bridgehead atoms. The van der Waals surface area contributed by atoms with Crippen molar-refractivity contribution in [1.82, 2.24) is 0 Å². The van der Waals surface area contributed by atoms with Crippen LogP contribution in [0.25, 0.3) is 0 Å². The summed E-state index contributed by atoms with van der Waals surface area (Å²) in [7, 11) is 0. The van der Waals surface area contributed by atoms with Crippen LogP contribution in [0.4, 0.5) is 15.8 Å². The Hall–Kier alpha value is -2.18. The summed E-state index contributed by atoms with van der Waals surface area (Å²) in [5.41, 5.74) is -0.976. The summed E-state index contributed by atoms with van der Waals surface area (Å²) in [4.78, 5) is 20.9. The lowest BCUT2D eigenvalue weighted by Crippen LogP contribution is -2.09. The van der Waals surface area contributed by atoms with E-state index in [1.54, 1.807) is 0 Å². The fourth-order valence-corrected chi connectivity index (χ4v) is 1.94. The van der Waals surface area contributed by atoms with Gasteiger partial charge in [0.25, 0.3) is 5.69 Å². The number of hydrogen-bond acceptors (Lipinski definition) is 4. The van der Waals surface area contributed by atoms with Crippen molar-refractivity contribution in [2.24, 2.45) is 11.8 Å². The summed E-state index contributed by atoms with van der Waals surface area (Å²) in [6, 6.07) is 1.62. The molecule has 0 amide bonds. The Morgan fingerprint density at radius 2 is 2.26 bits per heavy atom. The van der Waals surface area contributed by atoms with E-state index < -0.39 is 28.0 Å². The molecule has 0 aromatic heterocycles. The first-order chi connectivity index (χ1) is 8.90. The van der Waals surface area contributed by atoms with Gasteiger partial charge in [0.1, 0.15) is 11.5 Å². The second-order valence-electron chi connectivity index (χ2n) is 4.77. The largest absolute Gasteiger partial charge is 0.478 e. The van der Waals surface area contributed by atoms with Crippen LogP contribution in [0, 0.1) is 27.8 Å². The number of carboxylic acids is 1. The fraction of sp³-hybridized carbons (Fsp3) is 0.417. The van der Waals surface area contributed by atoms with E-state index in [-0.39, 0.29) is 5.69 Å². The molecule has 2 atom stereocenters. The summed E-state index contributed by atoms with van der Waals surface area (Å²) in [5, 5.41) is 22.5. The molecule has 1 aliphatic rings. The fourth-order valence-electron chi connectivity index (χ4n) is 1.94. The quantitative estimate of drug-likeness (QED) is 0.632. The molecular weight excluding hydrogens is 255 g/mol. The highest BCUT2D eigenvalue weighted by Crippen LogP contribution is 2.38. The average molecular weight is 268 g/mol. The van der Waals surface area contributed by atoms with Gasteiger partial charge in [0, 0.05) is 6.54 Å². The molecule has 6 nitrogen and oxygen atoms in total. The molecule has 1 aliphatic carbocycles. The number of hydrogen-bond donors (Lipinski definition) is 2. The molecule has 1 aromatic carbocycles. The van der Waals surface area contributed by atoms with E-state index in [2.05, 4.69) is 12.2 Å². The second kappa shape index (κ2) is 4.83. The number of aromatic carboxylic acids is 1. The average Bonchev–Trinajstić information content (AvgIpc) is 3.02. The number of halogens is 1. The molecule has 0 heterocycles. The minimum atomic E-state index is -1.45. The van der Waals surface area contributed by atoms with Crippen molar-refractivity contribution in [1.29, 1.82) is 0 Å². The van der Waals surface area contributed by atoms with E-state index >= 15 is 0 Å². The van der Waals surface area contributed by atoms with Crippen LogP contribution in [0.2, 0.25) is 0 Å². The van der Waals surface area contributed by atoms with Crippen LogP contribution < -0.4 is 5.32 Å². The molecule has 102 valence electrons. The normalized spacial score (nSPS) is 20.9. The van der Waals surface area contributed by atoms with Crippen molar-refractivity contribution in [3.05, 3.63) is 33.6 Å². The molecule has 2 rings (SSSR count). The van der Waals surface area contributed by atoms with Crippen molar-refractivity contribution >= 4 is 17.3 Å². The zero-order valence-electron chi connectivity index (χ0n) is 10.2. The molecule has 1 fully saturated rings. The highest BCUT2D eigenvalue weighted by molar-refractivity contribution is 5.90. The first-order valence-electron chi connectivity index (χ1n) is 5.85.